The summed E-state index contributed by atoms with van der Waals surface area (Å²) in [5, 5.41) is 15.4. The standard InChI is InChI=1S/C26H24N6O2/c1-18-12-14-20(15-13-18)22-16-23(19-8-4-3-5-9-19)32-26(28-29-30-32)31(22)17-25(33)27-21-10-6-7-11-24(21)34-2/h3-16,23H,17H2,1-2H3,(H,27,33)/t23-/m1/s1. The van der Waals surface area contributed by atoms with Crippen LogP contribution >= 0.6 is 0 Å². The molecule has 5 rings (SSSR count). The van der Waals surface area contributed by atoms with Crippen molar-refractivity contribution in [3.8, 4) is 5.75 Å². The normalized spacial score (nSPS) is 14.8. The van der Waals surface area contributed by atoms with Gasteiger partial charge in [0.2, 0.25) is 5.91 Å². The van der Waals surface area contributed by atoms with Crippen LogP contribution < -0.4 is 15.0 Å². The summed E-state index contributed by atoms with van der Waals surface area (Å²) in [6.07, 6.45) is 2.10. The van der Waals surface area contributed by atoms with Crippen LogP contribution in [0.3, 0.4) is 0 Å². The maximum Gasteiger partial charge on any atom is 0.251 e. The molecule has 0 unspecified atom stereocenters. The van der Waals surface area contributed by atoms with Gasteiger partial charge in [-0.3, -0.25) is 9.69 Å². The minimum Gasteiger partial charge on any atom is -0.495 e. The number of carbonyl (C=O) groups excluding carboxylic acids is 1. The summed E-state index contributed by atoms with van der Waals surface area (Å²) in [7, 11) is 1.58. The van der Waals surface area contributed by atoms with E-state index in [9.17, 15) is 4.79 Å². The second-order valence-electron chi connectivity index (χ2n) is 8.03. The van der Waals surface area contributed by atoms with Crippen LogP contribution in [0.15, 0.2) is 84.9 Å². The summed E-state index contributed by atoms with van der Waals surface area (Å²) in [4.78, 5) is 15.0. The van der Waals surface area contributed by atoms with Crippen LogP contribution in [-0.4, -0.2) is 39.8 Å². The number of tetrazole rings is 1. The fourth-order valence-corrected chi connectivity index (χ4v) is 4.07. The van der Waals surface area contributed by atoms with Crippen molar-refractivity contribution in [1.82, 2.24) is 20.2 Å². The van der Waals surface area contributed by atoms with Gasteiger partial charge in [0.05, 0.1) is 18.5 Å². The Balaban J connectivity index is 1.53. The van der Waals surface area contributed by atoms with Crippen LogP contribution in [0.4, 0.5) is 11.6 Å². The highest BCUT2D eigenvalue weighted by atomic mass is 16.5. The number of rotatable bonds is 6. The van der Waals surface area contributed by atoms with Crippen LogP contribution in [0.25, 0.3) is 5.70 Å². The minimum absolute atomic E-state index is 0.0274. The molecule has 0 aliphatic carbocycles. The van der Waals surface area contributed by atoms with Crippen molar-refractivity contribution in [2.24, 2.45) is 0 Å². The summed E-state index contributed by atoms with van der Waals surface area (Å²) in [6, 6.07) is 25.4. The maximum absolute atomic E-state index is 13.1. The van der Waals surface area contributed by atoms with Gasteiger partial charge in [-0.05, 0) is 46.7 Å². The van der Waals surface area contributed by atoms with Crippen molar-refractivity contribution < 1.29 is 9.53 Å². The number of nitrogens with one attached hydrogen (secondary N) is 1. The van der Waals surface area contributed by atoms with Crippen molar-refractivity contribution in [2.75, 3.05) is 23.9 Å². The molecule has 170 valence electrons. The average Bonchev–Trinajstić information content (AvgIpc) is 3.36. The predicted molar refractivity (Wildman–Crippen MR) is 131 cm³/mol. The number of ether oxygens (including phenoxy) is 1. The average molecular weight is 453 g/mol. The molecule has 0 spiro atoms. The molecule has 2 heterocycles. The Labute approximate surface area is 197 Å². The number of nitrogens with zero attached hydrogens (tertiary/aromatic N) is 5. The van der Waals surface area contributed by atoms with Crippen LogP contribution in [0.2, 0.25) is 0 Å². The molecule has 0 saturated heterocycles. The third-order valence-corrected chi connectivity index (χ3v) is 5.76. The molecule has 1 amide bonds. The van der Waals surface area contributed by atoms with E-state index in [1.54, 1.807) is 23.9 Å². The second kappa shape index (κ2) is 9.19. The van der Waals surface area contributed by atoms with Gasteiger partial charge in [-0.1, -0.05) is 77.4 Å². The van der Waals surface area contributed by atoms with E-state index in [0.29, 0.717) is 17.4 Å². The number of amides is 1. The Morgan fingerprint density at radius 2 is 1.74 bits per heavy atom. The number of para-hydroxylation sites is 2. The van der Waals surface area contributed by atoms with E-state index in [4.69, 9.17) is 4.74 Å². The smallest absolute Gasteiger partial charge is 0.251 e. The molecule has 1 aliphatic rings. The van der Waals surface area contributed by atoms with E-state index in [0.717, 1.165) is 22.4 Å². The van der Waals surface area contributed by atoms with Gasteiger partial charge in [-0.15, -0.1) is 0 Å². The Morgan fingerprint density at radius 3 is 2.50 bits per heavy atom. The number of methoxy groups -OCH3 is 1. The number of aromatic nitrogens is 4. The van der Waals surface area contributed by atoms with Crippen LogP contribution in [0, 0.1) is 6.92 Å². The van der Waals surface area contributed by atoms with Crippen molar-refractivity contribution in [1.29, 1.82) is 0 Å². The highest BCUT2D eigenvalue weighted by Gasteiger charge is 2.32. The third kappa shape index (κ3) is 4.13. The molecule has 1 aliphatic heterocycles. The molecular formula is C26H24N6O2. The number of carbonyl (C=O) groups is 1. The highest BCUT2D eigenvalue weighted by Crippen LogP contribution is 2.36. The van der Waals surface area contributed by atoms with Gasteiger partial charge in [0.1, 0.15) is 18.3 Å². The highest BCUT2D eigenvalue weighted by molar-refractivity contribution is 5.98. The Bertz CT molecular complexity index is 1330. The number of fused-ring (bicyclic) bond motifs is 1. The number of hydrogen-bond donors (Lipinski definition) is 1. The molecule has 1 aromatic heterocycles. The van der Waals surface area contributed by atoms with E-state index >= 15 is 0 Å². The predicted octanol–water partition coefficient (Wildman–Crippen LogP) is 4.08. The molecule has 0 bridgehead atoms. The number of aryl methyl sites for hydroxylation is 1. The summed E-state index contributed by atoms with van der Waals surface area (Å²) in [6.45, 7) is 2.07. The molecule has 34 heavy (non-hydrogen) atoms. The lowest BCUT2D eigenvalue weighted by atomic mass is 10.00. The van der Waals surface area contributed by atoms with Gasteiger partial charge in [-0.25, -0.2) is 0 Å². The van der Waals surface area contributed by atoms with Crippen molar-refractivity contribution >= 4 is 23.2 Å². The quantitative estimate of drug-likeness (QED) is 0.475. The first-order valence-corrected chi connectivity index (χ1v) is 11.0. The molecule has 8 heteroatoms. The fraction of sp³-hybridized carbons (Fsp3) is 0.154. The SMILES string of the molecule is COc1ccccc1NC(=O)CN1C(c2ccc(C)cc2)=C[C@H](c2ccccc2)n2nnnc21. The molecule has 1 N–H and O–H groups in total. The zero-order chi connectivity index (χ0) is 23.5. The Hall–Kier alpha value is -4.46. The topological polar surface area (TPSA) is 85.2 Å². The second-order valence-corrected chi connectivity index (χ2v) is 8.03. The Morgan fingerprint density at radius 1 is 1.00 bits per heavy atom. The molecule has 0 radical (unpaired) electrons. The molecule has 1 atom stereocenters. The Kier molecular flexibility index (Phi) is 5.78. The lowest BCUT2D eigenvalue weighted by Crippen LogP contribution is -2.37. The van der Waals surface area contributed by atoms with Gasteiger partial charge in [0.25, 0.3) is 5.95 Å². The van der Waals surface area contributed by atoms with E-state index < -0.39 is 0 Å². The largest absolute Gasteiger partial charge is 0.495 e. The van der Waals surface area contributed by atoms with E-state index in [1.807, 2.05) is 66.4 Å². The van der Waals surface area contributed by atoms with Gasteiger partial charge >= 0.3 is 0 Å². The number of allylic oxidation sites excluding steroid dienone is 1. The number of benzene rings is 3. The van der Waals surface area contributed by atoms with Gasteiger partial charge in [0, 0.05) is 0 Å². The molecule has 4 aromatic rings. The summed E-state index contributed by atoms with van der Waals surface area (Å²) in [5.41, 5.74) is 4.66. The monoisotopic (exact) mass is 452 g/mol. The van der Waals surface area contributed by atoms with Crippen LogP contribution in [0.1, 0.15) is 22.7 Å². The number of anilines is 2. The lowest BCUT2D eigenvalue weighted by Gasteiger charge is -2.32. The molecule has 3 aromatic carbocycles. The first-order valence-electron chi connectivity index (χ1n) is 11.0. The first kappa shape index (κ1) is 21.4. The molecule has 8 nitrogen and oxygen atoms in total. The van der Waals surface area contributed by atoms with Crippen molar-refractivity contribution in [3.05, 3.63) is 102 Å². The van der Waals surface area contributed by atoms with E-state index in [1.165, 1.54) is 0 Å². The first-order chi connectivity index (χ1) is 16.6. The third-order valence-electron chi connectivity index (χ3n) is 5.76. The van der Waals surface area contributed by atoms with Crippen LogP contribution in [0.5, 0.6) is 5.75 Å². The van der Waals surface area contributed by atoms with E-state index in [-0.39, 0.29) is 18.5 Å². The van der Waals surface area contributed by atoms with Crippen molar-refractivity contribution in [3.63, 3.8) is 0 Å². The number of hydrogen-bond acceptors (Lipinski definition) is 6. The fourth-order valence-electron chi connectivity index (χ4n) is 4.07. The molecular weight excluding hydrogens is 428 g/mol. The zero-order valence-corrected chi connectivity index (χ0v) is 18.9. The zero-order valence-electron chi connectivity index (χ0n) is 18.9. The van der Waals surface area contributed by atoms with Gasteiger partial charge < -0.3 is 10.1 Å². The van der Waals surface area contributed by atoms with Gasteiger partial charge in [0.15, 0.2) is 0 Å². The van der Waals surface area contributed by atoms with E-state index in [2.05, 4.69) is 39.1 Å². The lowest BCUT2D eigenvalue weighted by molar-refractivity contribution is -0.114. The molecule has 0 fully saturated rings. The van der Waals surface area contributed by atoms with Gasteiger partial charge in [-0.2, -0.15) is 4.68 Å². The summed E-state index contributed by atoms with van der Waals surface area (Å²) >= 11 is 0. The van der Waals surface area contributed by atoms with Crippen molar-refractivity contribution in [2.45, 2.75) is 13.0 Å². The molecule has 0 saturated carbocycles. The summed E-state index contributed by atoms with van der Waals surface area (Å²) < 4.78 is 7.11. The maximum atomic E-state index is 13.1. The summed E-state index contributed by atoms with van der Waals surface area (Å²) in [5.74, 6) is 0.884. The van der Waals surface area contributed by atoms with Crippen LogP contribution in [-0.2, 0) is 4.79 Å². The minimum atomic E-state index is -0.213.